The molecule has 0 aliphatic rings. The fourth-order valence-corrected chi connectivity index (χ4v) is 1.46. The first-order valence-corrected chi connectivity index (χ1v) is 5.60. The summed E-state index contributed by atoms with van der Waals surface area (Å²) in [6.07, 6.45) is 3.63. The number of rotatable bonds is 7. The van der Waals surface area contributed by atoms with Gasteiger partial charge in [0.05, 0.1) is 6.61 Å². The van der Waals surface area contributed by atoms with E-state index < -0.39 is 11.6 Å². The second-order valence-corrected chi connectivity index (χ2v) is 3.71. The van der Waals surface area contributed by atoms with Crippen LogP contribution >= 0.6 is 0 Å². The van der Waals surface area contributed by atoms with E-state index in [1.165, 1.54) is 12.1 Å². The van der Waals surface area contributed by atoms with Gasteiger partial charge in [-0.3, -0.25) is 0 Å². The predicted molar refractivity (Wildman–Crippen MR) is 64.0 cm³/mol. The second-order valence-electron chi connectivity index (χ2n) is 3.71. The maximum Gasteiger partial charge on any atom is 0.190 e. The lowest BCUT2D eigenvalue weighted by Gasteiger charge is -2.09. The molecule has 0 unspecified atom stereocenters. The van der Waals surface area contributed by atoms with Crippen molar-refractivity contribution in [3.63, 3.8) is 0 Å². The van der Waals surface area contributed by atoms with Crippen LogP contribution in [0.25, 0.3) is 0 Å². The van der Waals surface area contributed by atoms with Crippen LogP contribution < -0.4 is 10.5 Å². The molecular formula is C13H17F2NO. The lowest BCUT2D eigenvalue weighted by molar-refractivity contribution is 0.280. The van der Waals surface area contributed by atoms with E-state index in [4.69, 9.17) is 10.5 Å². The van der Waals surface area contributed by atoms with Crippen LogP contribution in [0.1, 0.15) is 18.4 Å². The molecule has 2 nitrogen and oxygen atoms in total. The Morgan fingerprint density at radius 1 is 1.29 bits per heavy atom. The molecule has 2 N–H and O–H groups in total. The molecule has 0 bridgehead atoms. The molecule has 0 amide bonds. The molecule has 1 rings (SSSR count). The van der Waals surface area contributed by atoms with E-state index in [-0.39, 0.29) is 12.4 Å². The highest BCUT2D eigenvalue weighted by Crippen LogP contribution is 2.23. The molecule has 0 fully saturated rings. The quantitative estimate of drug-likeness (QED) is 0.588. The number of halogens is 2. The van der Waals surface area contributed by atoms with E-state index in [0.717, 1.165) is 6.42 Å². The van der Waals surface area contributed by atoms with Gasteiger partial charge in [0.2, 0.25) is 0 Å². The smallest absolute Gasteiger partial charge is 0.190 e. The van der Waals surface area contributed by atoms with Crippen LogP contribution in [0.5, 0.6) is 5.75 Å². The van der Waals surface area contributed by atoms with Crippen molar-refractivity contribution in [1.82, 2.24) is 0 Å². The summed E-state index contributed by atoms with van der Waals surface area (Å²) in [5, 5.41) is 0. The van der Waals surface area contributed by atoms with Gasteiger partial charge in [-0.05, 0) is 43.5 Å². The Morgan fingerprint density at radius 2 is 1.94 bits per heavy atom. The summed E-state index contributed by atoms with van der Waals surface area (Å²) in [6, 6.07) is 2.53. The van der Waals surface area contributed by atoms with Crippen LogP contribution in [0, 0.1) is 11.6 Å². The standard InChI is InChI=1S/C13H17F2NO/c1-2-3-4-7-17-13-11(14)8-10(5-6-16)9-12(13)15/h2,8-9H,1,3-7,16H2. The number of nitrogens with two attached hydrogens (primary N) is 1. The highest BCUT2D eigenvalue weighted by atomic mass is 19.1. The van der Waals surface area contributed by atoms with Crippen LogP contribution in [0.4, 0.5) is 8.78 Å². The second kappa shape index (κ2) is 7.01. The van der Waals surface area contributed by atoms with Gasteiger partial charge < -0.3 is 10.5 Å². The first kappa shape index (κ1) is 13.6. The number of allylic oxidation sites excluding steroid dienone is 1. The topological polar surface area (TPSA) is 35.2 Å². The van der Waals surface area contributed by atoms with Crippen molar-refractivity contribution in [3.8, 4) is 5.75 Å². The molecule has 0 heterocycles. The average Bonchev–Trinajstić information content (AvgIpc) is 2.27. The van der Waals surface area contributed by atoms with Gasteiger partial charge in [0.25, 0.3) is 0 Å². The van der Waals surface area contributed by atoms with E-state index in [2.05, 4.69) is 6.58 Å². The van der Waals surface area contributed by atoms with E-state index in [9.17, 15) is 8.78 Å². The summed E-state index contributed by atoms with van der Waals surface area (Å²) < 4.78 is 32.1. The van der Waals surface area contributed by atoms with Crippen molar-refractivity contribution in [2.45, 2.75) is 19.3 Å². The van der Waals surface area contributed by atoms with E-state index in [0.29, 0.717) is 24.9 Å². The molecule has 0 aliphatic carbocycles. The number of benzene rings is 1. The van der Waals surface area contributed by atoms with Crippen molar-refractivity contribution in [1.29, 1.82) is 0 Å². The maximum absolute atomic E-state index is 13.5. The third kappa shape index (κ3) is 4.15. The van der Waals surface area contributed by atoms with Gasteiger partial charge in [0.1, 0.15) is 0 Å². The SMILES string of the molecule is C=CCCCOc1c(F)cc(CCN)cc1F. The van der Waals surface area contributed by atoms with Crippen molar-refractivity contribution in [3.05, 3.63) is 42.0 Å². The highest BCUT2D eigenvalue weighted by molar-refractivity contribution is 5.31. The molecule has 1 aromatic carbocycles. The number of ether oxygens (including phenoxy) is 1. The molecular weight excluding hydrogens is 224 g/mol. The first-order valence-electron chi connectivity index (χ1n) is 5.60. The van der Waals surface area contributed by atoms with Gasteiger partial charge in [-0.15, -0.1) is 6.58 Å². The van der Waals surface area contributed by atoms with E-state index >= 15 is 0 Å². The molecule has 17 heavy (non-hydrogen) atoms. The van der Waals surface area contributed by atoms with Crippen LogP contribution in [-0.4, -0.2) is 13.2 Å². The maximum atomic E-state index is 13.5. The Bertz CT molecular complexity index is 357. The van der Waals surface area contributed by atoms with Crippen LogP contribution in [0.2, 0.25) is 0 Å². The summed E-state index contributed by atoms with van der Waals surface area (Å²) in [4.78, 5) is 0. The Labute approximate surface area is 100 Å². The normalized spacial score (nSPS) is 10.3. The molecule has 4 heteroatoms. The molecule has 94 valence electrons. The minimum atomic E-state index is -0.674. The third-order valence-corrected chi connectivity index (χ3v) is 2.29. The van der Waals surface area contributed by atoms with Crippen molar-refractivity contribution in [2.75, 3.05) is 13.2 Å². The fraction of sp³-hybridized carbons (Fsp3) is 0.385. The molecule has 0 saturated heterocycles. The van der Waals surface area contributed by atoms with E-state index in [1.54, 1.807) is 6.08 Å². The summed E-state index contributed by atoms with van der Waals surface area (Å²) in [7, 11) is 0. The zero-order valence-electron chi connectivity index (χ0n) is 9.72. The van der Waals surface area contributed by atoms with Gasteiger partial charge in [-0.2, -0.15) is 0 Å². The van der Waals surface area contributed by atoms with Gasteiger partial charge >= 0.3 is 0 Å². The van der Waals surface area contributed by atoms with Crippen LogP contribution in [0.15, 0.2) is 24.8 Å². The number of unbranched alkanes of at least 4 members (excludes halogenated alkanes) is 1. The number of hydrogen-bond acceptors (Lipinski definition) is 2. The van der Waals surface area contributed by atoms with Gasteiger partial charge in [-0.25, -0.2) is 8.78 Å². The third-order valence-electron chi connectivity index (χ3n) is 2.29. The number of hydrogen-bond donors (Lipinski definition) is 1. The molecule has 0 aromatic heterocycles. The Morgan fingerprint density at radius 3 is 2.47 bits per heavy atom. The van der Waals surface area contributed by atoms with Crippen molar-refractivity contribution in [2.24, 2.45) is 5.73 Å². The summed E-state index contributed by atoms with van der Waals surface area (Å²) in [5.41, 5.74) is 5.87. The Balaban J connectivity index is 2.68. The van der Waals surface area contributed by atoms with Crippen LogP contribution in [0.3, 0.4) is 0 Å². The minimum Gasteiger partial charge on any atom is -0.488 e. The van der Waals surface area contributed by atoms with Crippen LogP contribution in [-0.2, 0) is 6.42 Å². The van der Waals surface area contributed by atoms with Gasteiger partial charge in [0, 0.05) is 0 Å². The lowest BCUT2D eigenvalue weighted by Crippen LogP contribution is -2.06. The zero-order chi connectivity index (χ0) is 12.7. The van der Waals surface area contributed by atoms with Gasteiger partial charge in [-0.1, -0.05) is 6.08 Å². The molecule has 0 saturated carbocycles. The largest absolute Gasteiger partial charge is 0.488 e. The predicted octanol–water partition coefficient (Wildman–Crippen LogP) is 2.81. The summed E-state index contributed by atoms with van der Waals surface area (Å²) in [5.74, 6) is -1.66. The lowest BCUT2D eigenvalue weighted by atomic mass is 10.1. The fourth-order valence-electron chi connectivity index (χ4n) is 1.46. The highest BCUT2D eigenvalue weighted by Gasteiger charge is 2.12. The molecule has 0 aliphatic heterocycles. The monoisotopic (exact) mass is 241 g/mol. The van der Waals surface area contributed by atoms with Gasteiger partial charge in [0.15, 0.2) is 17.4 Å². The summed E-state index contributed by atoms with van der Waals surface area (Å²) >= 11 is 0. The van der Waals surface area contributed by atoms with Crippen molar-refractivity contribution < 1.29 is 13.5 Å². The van der Waals surface area contributed by atoms with Crippen molar-refractivity contribution >= 4 is 0 Å². The molecule has 1 aromatic rings. The minimum absolute atomic E-state index is 0.274. The molecule has 0 spiro atoms. The Hall–Kier alpha value is -1.42. The zero-order valence-corrected chi connectivity index (χ0v) is 9.72. The van der Waals surface area contributed by atoms with E-state index in [1.807, 2.05) is 0 Å². The molecule has 0 atom stereocenters. The first-order chi connectivity index (χ1) is 8.19. The Kier molecular flexibility index (Phi) is 5.63. The average molecular weight is 241 g/mol. The summed E-state index contributed by atoms with van der Waals surface area (Å²) in [6.45, 7) is 4.19. The molecule has 0 radical (unpaired) electrons.